The fourth-order valence-corrected chi connectivity index (χ4v) is 6.52. The number of carbonyl (C=O) groups excluding carboxylic acids is 1. The Morgan fingerprint density at radius 1 is 0.915 bits per heavy atom. The van der Waals surface area contributed by atoms with Gasteiger partial charge in [-0.25, -0.2) is 9.37 Å². The van der Waals surface area contributed by atoms with E-state index in [2.05, 4.69) is 14.9 Å². The van der Waals surface area contributed by atoms with Crippen LogP contribution in [0.3, 0.4) is 0 Å². The predicted molar refractivity (Wildman–Crippen MR) is 177 cm³/mol. The zero-order valence-electron chi connectivity index (χ0n) is 26.3. The number of benzene rings is 3. The van der Waals surface area contributed by atoms with Crippen LogP contribution in [0.25, 0.3) is 11.1 Å². The molecule has 1 amide bonds. The van der Waals surface area contributed by atoms with E-state index in [0.29, 0.717) is 24.4 Å². The molecule has 1 heterocycles. The summed E-state index contributed by atoms with van der Waals surface area (Å²) in [5, 5.41) is 0.255. The van der Waals surface area contributed by atoms with Crippen molar-refractivity contribution in [1.29, 1.82) is 0 Å². The number of alkyl halides is 3. The zero-order valence-corrected chi connectivity index (χ0v) is 27.9. The Hall–Kier alpha value is -3.65. The molecular formula is C34H36F4N4O3S2. The molecule has 1 atom stereocenters. The second kappa shape index (κ2) is 16.4. The van der Waals surface area contributed by atoms with Gasteiger partial charge < -0.3 is 14.4 Å². The first kappa shape index (κ1) is 36.2. The number of amides is 1. The third-order valence-corrected chi connectivity index (χ3v) is 9.57. The van der Waals surface area contributed by atoms with Crippen molar-refractivity contribution in [1.82, 2.24) is 19.8 Å². The number of aromatic nitrogens is 2. The Labute approximate surface area is 278 Å². The van der Waals surface area contributed by atoms with Crippen molar-refractivity contribution in [3.05, 3.63) is 111 Å². The minimum atomic E-state index is -4.41. The Morgan fingerprint density at radius 3 is 2.04 bits per heavy atom. The van der Waals surface area contributed by atoms with Crippen LogP contribution in [-0.4, -0.2) is 62.7 Å². The van der Waals surface area contributed by atoms with Gasteiger partial charge in [0.1, 0.15) is 17.8 Å². The Morgan fingerprint density at radius 2 is 1.49 bits per heavy atom. The summed E-state index contributed by atoms with van der Waals surface area (Å²) in [6.45, 7) is 6.89. The van der Waals surface area contributed by atoms with Gasteiger partial charge in [0.25, 0.3) is 0 Å². The van der Waals surface area contributed by atoms with Gasteiger partial charge in [0.05, 0.1) is 12.0 Å². The highest BCUT2D eigenvalue weighted by atomic mass is 32.2. The molecule has 7 nitrogen and oxygen atoms in total. The highest BCUT2D eigenvalue weighted by molar-refractivity contribution is 7.98. The molecular weight excluding hydrogens is 653 g/mol. The molecule has 1 aromatic heterocycles. The average molecular weight is 689 g/mol. The summed E-state index contributed by atoms with van der Waals surface area (Å²) in [6, 6.07) is 18.1. The minimum Gasteiger partial charge on any atom is -0.611 e. The average Bonchev–Trinajstić information content (AvgIpc) is 3.04. The zero-order chi connectivity index (χ0) is 34.1. The number of H-pyrrole nitrogens is 1. The summed E-state index contributed by atoms with van der Waals surface area (Å²) in [5.74, 6) is -0.270. The van der Waals surface area contributed by atoms with Gasteiger partial charge in [0.2, 0.25) is 10.8 Å². The molecule has 47 heavy (non-hydrogen) atoms. The molecule has 0 saturated carbocycles. The van der Waals surface area contributed by atoms with E-state index in [0.717, 1.165) is 41.9 Å². The van der Waals surface area contributed by atoms with Crippen molar-refractivity contribution in [2.45, 2.75) is 48.8 Å². The maximum Gasteiger partial charge on any atom is 0.416 e. The topological polar surface area (TPSA) is 92.4 Å². The fourth-order valence-electron chi connectivity index (χ4n) is 4.93. The van der Waals surface area contributed by atoms with Crippen LogP contribution in [-0.2, 0) is 40.9 Å². The third-order valence-electron chi connectivity index (χ3n) is 7.63. The summed E-state index contributed by atoms with van der Waals surface area (Å²) in [5.41, 5.74) is 1.81. The van der Waals surface area contributed by atoms with Gasteiger partial charge in [-0.2, -0.15) is 13.2 Å². The van der Waals surface area contributed by atoms with E-state index < -0.39 is 28.5 Å². The lowest BCUT2D eigenvalue weighted by molar-refractivity contribution is -0.137. The van der Waals surface area contributed by atoms with Crippen molar-refractivity contribution in [3.8, 4) is 11.1 Å². The summed E-state index contributed by atoms with van der Waals surface area (Å²) in [4.78, 5) is 37.8. The Bertz CT molecular complexity index is 1680. The number of likely N-dealkylation sites (N-methyl/N-ethyl adjacent to an activating group) is 1. The molecule has 0 aliphatic carbocycles. The molecule has 3 aromatic carbocycles. The molecule has 0 spiro atoms. The van der Waals surface area contributed by atoms with Gasteiger partial charge in [0.15, 0.2) is 5.16 Å². The van der Waals surface area contributed by atoms with Gasteiger partial charge in [-0.3, -0.25) is 14.6 Å². The van der Waals surface area contributed by atoms with E-state index >= 15 is 0 Å². The van der Waals surface area contributed by atoms with Gasteiger partial charge in [-0.05, 0) is 70.8 Å². The summed E-state index contributed by atoms with van der Waals surface area (Å²) < 4.78 is 64.8. The standard InChI is InChI=1S/C34H36F4N4O3S2/c1-4-41(5-2)18-19-42(21-23-6-10-25(11-7-23)26-12-14-27(15-13-26)34(36,37)38)30(43)20-29-31(47(3)45)32(44)40-33(39-29)46-22-24-8-16-28(35)17-9-24/h6-17H,4-5,18-22H2,1-3H3,(H,39,40,44). The lowest BCUT2D eigenvalue weighted by Crippen LogP contribution is -2.39. The maximum atomic E-state index is 13.8. The minimum absolute atomic E-state index is 0.0610. The van der Waals surface area contributed by atoms with Crippen molar-refractivity contribution < 1.29 is 26.9 Å². The van der Waals surface area contributed by atoms with Gasteiger partial charge >= 0.3 is 11.7 Å². The van der Waals surface area contributed by atoms with E-state index in [1.165, 1.54) is 42.3 Å². The number of carbonyl (C=O) groups is 1. The molecule has 1 N–H and O–H groups in total. The van der Waals surface area contributed by atoms with Gasteiger partial charge in [-0.15, -0.1) is 0 Å². The molecule has 0 aliphatic rings. The number of aromatic amines is 1. The lowest BCUT2D eigenvalue weighted by atomic mass is 10.0. The van der Waals surface area contributed by atoms with E-state index in [1.807, 2.05) is 26.0 Å². The van der Waals surface area contributed by atoms with Crippen LogP contribution in [0.5, 0.6) is 0 Å². The predicted octanol–water partition coefficient (Wildman–Crippen LogP) is 6.54. The summed E-state index contributed by atoms with van der Waals surface area (Å²) in [7, 11) is 0. The van der Waals surface area contributed by atoms with Crippen molar-refractivity contribution in [3.63, 3.8) is 0 Å². The first-order valence-corrected chi connectivity index (χ1v) is 17.5. The van der Waals surface area contributed by atoms with Gasteiger partial charge in [0, 0.05) is 25.4 Å². The molecule has 0 aliphatic heterocycles. The second-order valence-corrected chi connectivity index (χ2v) is 13.1. The highest BCUT2D eigenvalue weighted by Gasteiger charge is 2.30. The molecule has 0 fully saturated rings. The molecule has 1 unspecified atom stereocenters. The van der Waals surface area contributed by atoms with Crippen LogP contribution in [0, 0.1) is 5.82 Å². The fraction of sp³-hybridized carbons (Fsp3) is 0.324. The van der Waals surface area contributed by atoms with Crippen molar-refractivity contribution in [2.24, 2.45) is 0 Å². The van der Waals surface area contributed by atoms with Crippen LogP contribution >= 0.6 is 11.8 Å². The molecule has 0 bridgehead atoms. The molecule has 4 rings (SSSR count). The van der Waals surface area contributed by atoms with E-state index in [-0.39, 0.29) is 40.4 Å². The number of nitrogens with zero attached hydrogens (tertiary/aromatic N) is 3. The van der Waals surface area contributed by atoms with E-state index in [1.54, 1.807) is 29.2 Å². The quantitative estimate of drug-likeness (QED) is 0.0701. The van der Waals surface area contributed by atoms with Crippen LogP contribution in [0.2, 0.25) is 0 Å². The van der Waals surface area contributed by atoms with Crippen molar-refractivity contribution >= 4 is 28.8 Å². The van der Waals surface area contributed by atoms with Crippen LogP contribution in [0.15, 0.2) is 87.6 Å². The normalized spacial score (nSPS) is 12.4. The molecule has 0 radical (unpaired) electrons. The maximum absolute atomic E-state index is 13.8. The SMILES string of the molecule is CCN(CC)CCN(Cc1ccc(-c2ccc(C(F)(F)F)cc2)cc1)C(=O)Cc1nc(SCc2ccc(F)cc2)[nH]c(=O)c1[S+](C)[O-]. The number of hydrogen-bond donors (Lipinski definition) is 1. The monoisotopic (exact) mass is 688 g/mol. The molecule has 0 saturated heterocycles. The van der Waals surface area contributed by atoms with Gasteiger partial charge in [-0.1, -0.05) is 74.1 Å². The number of hydrogen-bond acceptors (Lipinski definition) is 6. The van der Waals surface area contributed by atoms with Crippen molar-refractivity contribution in [2.75, 3.05) is 32.4 Å². The lowest BCUT2D eigenvalue weighted by Gasteiger charge is -2.27. The largest absolute Gasteiger partial charge is 0.611 e. The van der Waals surface area contributed by atoms with Crippen LogP contribution in [0.1, 0.15) is 36.2 Å². The number of nitrogens with one attached hydrogen (secondary N) is 1. The molecule has 250 valence electrons. The highest BCUT2D eigenvalue weighted by Crippen LogP contribution is 2.31. The number of rotatable bonds is 14. The molecule has 4 aromatic rings. The van der Waals surface area contributed by atoms with Crippen LogP contribution in [0.4, 0.5) is 17.6 Å². The van der Waals surface area contributed by atoms with E-state index in [4.69, 9.17) is 0 Å². The number of thioether (sulfide) groups is 1. The summed E-state index contributed by atoms with van der Waals surface area (Å²) in [6.07, 6.45) is -3.30. The third kappa shape index (κ3) is 10.2. The van der Waals surface area contributed by atoms with E-state index in [9.17, 15) is 31.7 Å². The summed E-state index contributed by atoms with van der Waals surface area (Å²) >= 11 is -0.498. The smallest absolute Gasteiger partial charge is 0.416 e. The first-order valence-electron chi connectivity index (χ1n) is 15.0. The second-order valence-electron chi connectivity index (χ2n) is 10.8. The Kier molecular flexibility index (Phi) is 12.7. The first-order chi connectivity index (χ1) is 22.4. The Balaban J connectivity index is 1.55. The molecule has 13 heteroatoms. The van der Waals surface area contributed by atoms with Crippen LogP contribution < -0.4 is 5.56 Å². The number of halogens is 4.